The van der Waals surface area contributed by atoms with E-state index in [1.165, 1.54) is 12.1 Å². The van der Waals surface area contributed by atoms with E-state index in [1.807, 2.05) is 13.8 Å². The molecule has 0 aliphatic heterocycles. The fourth-order valence-corrected chi connectivity index (χ4v) is 1.53. The summed E-state index contributed by atoms with van der Waals surface area (Å²) in [6.07, 6.45) is 0.851. The van der Waals surface area contributed by atoms with Gasteiger partial charge in [0.15, 0.2) is 11.5 Å². The molecular weight excluding hydrogens is 244 g/mol. The molecule has 0 fully saturated rings. The van der Waals surface area contributed by atoms with E-state index >= 15 is 0 Å². The van der Waals surface area contributed by atoms with Crippen molar-refractivity contribution in [2.24, 2.45) is 0 Å². The van der Waals surface area contributed by atoms with Crippen LogP contribution in [0, 0.1) is 0 Å². The molecule has 4 nitrogen and oxygen atoms in total. The van der Waals surface area contributed by atoms with Crippen molar-refractivity contribution in [3.8, 4) is 11.5 Å². The highest BCUT2D eigenvalue weighted by molar-refractivity contribution is 6.33. The maximum atomic E-state index is 10.9. The van der Waals surface area contributed by atoms with Crippen LogP contribution in [0.2, 0.25) is 5.02 Å². The standard InChI is InChI=1S/C12H15ClO4/c1-3-5-17-11-7-9(13)8(12(14)15)6-10(11)16-4-2/h6-7H,3-5H2,1-2H3,(H,14,15). The van der Waals surface area contributed by atoms with E-state index < -0.39 is 5.97 Å². The van der Waals surface area contributed by atoms with E-state index in [1.54, 1.807) is 0 Å². The second-order valence-electron chi connectivity index (χ2n) is 3.37. The van der Waals surface area contributed by atoms with Crippen LogP contribution in [0.3, 0.4) is 0 Å². The average molecular weight is 259 g/mol. The first-order valence-electron chi connectivity index (χ1n) is 5.42. The van der Waals surface area contributed by atoms with E-state index in [0.29, 0.717) is 24.7 Å². The van der Waals surface area contributed by atoms with E-state index in [-0.39, 0.29) is 10.6 Å². The zero-order valence-corrected chi connectivity index (χ0v) is 10.6. The highest BCUT2D eigenvalue weighted by Gasteiger charge is 2.15. The Morgan fingerprint density at radius 1 is 1.29 bits per heavy atom. The molecule has 0 radical (unpaired) electrons. The van der Waals surface area contributed by atoms with Gasteiger partial charge >= 0.3 is 5.97 Å². The molecule has 0 saturated carbocycles. The van der Waals surface area contributed by atoms with Gasteiger partial charge in [-0.2, -0.15) is 0 Å². The van der Waals surface area contributed by atoms with Gasteiger partial charge in [0.1, 0.15) is 0 Å². The highest BCUT2D eigenvalue weighted by atomic mass is 35.5. The van der Waals surface area contributed by atoms with Gasteiger partial charge in [-0.25, -0.2) is 4.79 Å². The van der Waals surface area contributed by atoms with Crippen LogP contribution in [0.5, 0.6) is 11.5 Å². The Morgan fingerprint density at radius 2 is 1.94 bits per heavy atom. The molecule has 0 amide bonds. The zero-order chi connectivity index (χ0) is 12.8. The summed E-state index contributed by atoms with van der Waals surface area (Å²) in [4.78, 5) is 10.9. The molecule has 0 aliphatic rings. The number of rotatable bonds is 6. The van der Waals surface area contributed by atoms with Crippen LogP contribution in [0.1, 0.15) is 30.6 Å². The maximum absolute atomic E-state index is 10.9. The molecule has 0 aromatic heterocycles. The third-order valence-corrected chi connectivity index (χ3v) is 2.34. The van der Waals surface area contributed by atoms with Crippen molar-refractivity contribution in [3.63, 3.8) is 0 Å². The maximum Gasteiger partial charge on any atom is 0.337 e. The second-order valence-corrected chi connectivity index (χ2v) is 3.77. The minimum absolute atomic E-state index is 0.0129. The van der Waals surface area contributed by atoms with Crippen LogP contribution in [0.15, 0.2) is 12.1 Å². The van der Waals surface area contributed by atoms with Crippen LogP contribution in [0.4, 0.5) is 0 Å². The molecule has 17 heavy (non-hydrogen) atoms. The third kappa shape index (κ3) is 3.53. The number of halogens is 1. The fraction of sp³-hybridized carbons (Fsp3) is 0.417. The van der Waals surface area contributed by atoms with Gasteiger partial charge in [-0.1, -0.05) is 18.5 Å². The second kappa shape index (κ2) is 6.35. The van der Waals surface area contributed by atoms with Crippen LogP contribution in [-0.2, 0) is 0 Å². The summed E-state index contributed by atoms with van der Waals surface area (Å²) in [6.45, 7) is 4.76. The number of carboxylic acid groups (broad SMARTS) is 1. The van der Waals surface area contributed by atoms with Crippen molar-refractivity contribution < 1.29 is 19.4 Å². The highest BCUT2D eigenvalue weighted by Crippen LogP contribution is 2.33. The number of hydrogen-bond acceptors (Lipinski definition) is 3. The summed E-state index contributed by atoms with van der Waals surface area (Å²) in [7, 11) is 0. The molecule has 0 bridgehead atoms. The summed E-state index contributed by atoms with van der Waals surface area (Å²) in [5.74, 6) is -0.204. The minimum Gasteiger partial charge on any atom is -0.490 e. The number of benzene rings is 1. The number of hydrogen-bond donors (Lipinski definition) is 1. The average Bonchev–Trinajstić information content (AvgIpc) is 2.28. The molecule has 0 saturated heterocycles. The van der Waals surface area contributed by atoms with Crippen molar-refractivity contribution in [3.05, 3.63) is 22.7 Å². The van der Waals surface area contributed by atoms with Gasteiger partial charge in [0.25, 0.3) is 0 Å². The summed E-state index contributed by atoms with van der Waals surface area (Å²) < 4.78 is 10.8. The molecule has 0 unspecified atom stereocenters. The van der Waals surface area contributed by atoms with E-state index in [9.17, 15) is 4.79 Å². The monoisotopic (exact) mass is 258 g/mol. The number of aromatic carboxylic acids is 1. The van der Waals surface area contributed by atoms with Crippen LogP contribution in [-0.4, -0.2) is 24.3 Å². The number of carboxylic acids is 1. The molecule has 1 N–H and O–H groups in total. The number of carbonyl (C=O) groups is 1. The Balaban J connectivity index is 3.10. The van der Waals surface area contributed by atoms with Gasteiger partial charge in [0.05, 0.1) is 23.8 Å². The fourth-order valence-electron chi connectivity index (χ4n) is 1.29. The molecule has 1 aromatic carbocycles. The van der Waals surface area contributed by atoms with E-state index in [2.05, 4.69) is 0 Å². The van der Waals surface area contributed by atoms with Crippen LogP contribution >= 0.6 is 11.6 Å². The Hall–Kier alpha value is -1.42. The predicted molar refractivity (Wildman–Crippen MR) is 65.4 cm³/mol. The van der Waals surface area contributed by atoms with Gasteiger partial charge in [-0.05, 0) is 13.3 Å². The molecular formula is C12H15ClO4. The minimum atomic E-state index is -1.09. The summed E-state index contributed by atoms with van der Waals surface area (Å²) in [5.41, 5.74) is 0.0129. The van der Waals surface area contributed by atoms with Gasteiger partial charge in [0, 0.05) is 12.1 Å². The smallest absolute Gasteiger partial charge is 0.337 e. The lowest BCUT2D eigenvalue weighted by Crippen LogP contribution is -2.04. The Kier molecular flexibility index (Phi) is 5.10. The molecule has 94 valence electrons. The van der Waals surface area contributed by atoms with Crippen LogP contribution in [0.25, 0.3) is 0 Å². The first-order valence-corrected chi connectivity index (χ1v) is 5.80. The lowest BCUT2D eigenvalue weighted by Gasteiger charge is -2.13. The molecule has 1 aromatic rings. The van der Waals surface area contributed by atoms with Crippen molar-refractivity contribution in [2.75, 3.05) is 13.2 Å². The van der Waals surface area contributed by atoms with Gasteiger partial charge < -0.3 is 14.6 Å². The zero-order valence-electron chi connectivity index (χ0n) is 9.83. The molecule has 1 rings (SSSR count). The lowest BCUT2D eigenvalue weighted by atomic mass is 10.2. The number of ether oxygens (including phenoxy) is 2. The summed E-state index contributed by atoms with van der Waals surface area (Å²) in [6, 6.07) is 2.87. The lowest BCUT2D eigenvalue weighted by molar-refractivity contribution is 0.0696. The van der Waals surface area contributed by atoms with Gasteiger partial charge in [0.2, 0.25) is 0 Å². The Morgan fingerprint density at radius 3 is 2.47 bits per heavy atom. The first-order chi connectivity index (χ1) is 8.10. The predicted octanol–water partition coefficient (Wildman–Crippen LogP) is 3.23. The summed E-state index contributed by atoms with van der Waals surface area (Å²) >= 11 is 5.86. The molecule has 5 heteroatoms. The SMILES string of the molecule is CCCOc1cc(Cl)c(C(=O)O)cc1OCC. The Labute approximate surface area is 105 Å². The van der Waals surface area contributed by atoms with Crippen molar-refractivity contribution in [1.29, 1.82) is 0 Å². The quantitative estimate of drug-likeness (QED) is 0.851. The van der Waals surface area contributed by atoms with Crippen molar-refractivity contribution in [1.82, 2.24) is 0 Å². The van der Waals surface area contributed by atoms with Crippen molar-refractivity contribution in [2.45, 2.75) is 20.3 Å². The van der Waals surface area contributed by atoms with Crippen LogP contribution < -0.4 is 9.47 Å². The largest absolute Gasteiger partial charge is 0.490 e. The normalized spacial score (nSPS) is 10.1. The molecule has 0 spiro atoms. The van der Waals surface area contributed by atoms with E-state index in [4.69, 9.17) is 26.2 Å². The molecule has 0 atom stereocenters. The topological polar surface area (TPSA) is 55.8 Å². The molecule has 0 aliphatic carbocycles. The first kappa shape index (κ1) is 13.6. The Bertz CT molecular complexity index is 404. The van der Waals surface area contributed by atoms with Crippen molar-refractivity contribution >= 4 is 17.6 Å². The molecule has 0 heterocycles. The van der Waals surface area contributed by atoms with E-state index in [0.717, 1.165) is 6.42 Å². The third-order valence-electron chi connectivity index (χ3n) is 2.03. The van der Waals surface area contributed by atoms with Gasteiger partial charge in [-0.15, -0.1) is 0 Å². The summed E-state index contributed by atoms with van der Waals surface area (Å²) in [5, 5.41) is 9.09. The van der Waals surface area contributed by atoms with Gasteiger partial charge in [-0.3, -0.25) is 0 Å².